The van der Waals surface area contributed by atoms with Gasteiger partial charge in [0.25, 0.3) is 0 Å². The third-order valence-electron chi connectivity index (χ3n) is 3.84. The second-order valence-corrected chi connectivity index (χ2v) is 4.97. The number of nitrogens with zero attached hydrogens (tertiary/aromatic N) is 2. The minimum absolute atomic E-state index is 0.138. The highest BCUT2D eigenvalue weighted by Gasteiger charge is 2.38. The van der Waals surface area contributed by atoms with Crippen LogP contribution in [-0.4, -0.2) is 54.5 Å². The molecule has 15 heavy (non-hydrogen) atoms. The van der Waals surface area contributed by atoms with Gasteiger partial charge in [0.15, 0.2) is 0 Å². The fourth-order valence-corrected chi connectivity index (χ4v) is 2.67. The maximum absolute atomic E-state index is 11.8. The molecule has 4 nitrogen and oxygen atoms in total. The van der Waals surface area contributed by atoms with E-state index in [0.717, 1.165) is 32.5 Å². The van der Waals surface area contributed by atoms with Crippen LogP contribution in [0.25, 0.3) is 0 Å². The van der Waals surface area contributed by atoms with Gasteiger partial charge in [0.05, 0.1) is 6.04 Å². The zero-order chi connectivity index (χ0) is 11.0. The summed E-state index contributed by atoms with van der Waals surface area (Å²) >= 11 is 0. The molecule has 2 rings (SSSR count). The third-order valence-corrected chi connectivity index (χ3v) is 3.84. The van der Waals surface area contributed by atoms with Crippen LogP contribution in [0.4, 0.5) is 0 Å². The first-order valence-electron chi connectivity index (χ1n) is 5.84. The number of hydrogen-bond acceptors (Lipinski definition) is 3. The average Bonchev–Trinajstić information content (AvgIpc) is 2.76. The highest BCUT2D eigenvalue weighted by atomic mass is 16.2. The Kier molecular flexibility index (Phi) is 2.98. The molecule has 0 aromatic carbocycles. The summed E-state index contributed by atoms with van der Waals surface area (Å²) in [4.78, 5) is 16.0. The molecule has 0 spiro atoms. The predicted octanol–water partition coefficient (Wildman–Crippen LogP) is -0.114. The van der Waals surface area contributed by atoms with Crippen molar-refractivity contribution in [3.63, 3.8) is 0 Å². The van der Waals surface area contributed by atoms with Gasteiger partial charge in [-0.05, 0) is 32.2 Å². The number of carbonyl (C=O) groups is 1. The van der Waals surface area contributed by atoms with E-state index in [2.05, 4.69) is 11.8 Å². The molecule has 0 aliphatic carbocycles. The lowest BCUT2D eigenvalue weighted by Gasteiger charge is -2.23. The maximum atomic E-state index is 11.8. The van der Waals surface area contributed by atoms with Crippen LogP contribution in [0.15, 0.2) is 0 Å². The van der Waals surface area contributed by atoms with Gasteiger partial charge in [-0.3, -0.25) is 9.69 Å². The number of amides is 1. The normalized spacial score (nSPS) is 35.1. The van der Waals surface area contributed by atoms with Gasteiger partial charge in [0.1, 0.15) is 0 Å². The molecule has 2 aliphatic heterocycles. The second kappa shape index (κ2) is 4.10. The number of carbonyl (C=O) groups excluding carboxylic acids is 1. The predicted molar refractivity (Wildman–Crippen MR) is 59.4 cm³/mol. The molecule has 2 N–H and O–H groups in total. The van der Waals surface area contributed by atoms with E-state index in [1.54, 1.807) is 0 Å². The molecule has 3 unspecified atom stereocenters. The van der Waals surface area contributed by atoms with E-state index in [1.807, 2.05) is 11.9 Å². The van der Waals surface area contributed by atoms with Crippen LogP contribution >= 0.6 is 0 Å². The van der Waals surface area contributed by atoms with Crippen LogP contribution in [0, 0.1) is 5.92 Å². The molecule has 0 saturated carbocycles. The van der Waals surface area contributed by atoms with E-state index in [9.17, 15) is 4.79 Å². The number of likely N-dealkylation sites (N-methyl/N-ethyl adjacent to an activating group) is 1. The molecule has 0 bridgehead atoms. The lowest BCUT2D eigenvalue weighted by molar-refractivity contribution is -0.130. The highest BCUT2D eigenvalue weighted by molar-refractivity contribution is 5.83. The lowest BCUT2D eigenvalue weighted by Crippen LogP contribution is -2.40. The van der Waals surface area contributed by atoms with Crippen molar-refractivity contribution < 1.29 is 4.79 Å². The van der Waals surface area contributed by atoms with Crippen molar-refractivity contribution in [3.05, 3.63) is 0 Å². The Labute approximate surface area is 91.4 Å². The highest BCUT2D eigenvalue weighted by Crippen LogP contribution is 2.25. The van der Waals surface area contributed by atoms with Crippen LogP contribution in [0.3, 0.4) is 0 Å². The Morgan fingerprint density at radius 1 is 1.40 bits per heavy atom. The van der Waals surface area contributed by atoms with E-state index in [4.69, 9.17) is 5.73 Å². The van der Waals surface area contributed by atoms with Crippen molar-refractivity contribution in [2.24, 2.45) is 11.7 Å². The zero-order valence-electron chi connectivity index (χ0n) is 9.65. The summed E-state index contributed by atoms with van der Waals surface area (Å²) in [5.41, 5.74) is 5.90. The Morgan fingerprint density at radius 2 is 2.13 bits per heavy atom. The van der Waals surface area contributed by atoms with E-state index < -0.39 is 0 Å². The van der Waals surface area contributed by atoms with Gasteiger partial charge >= 0.3 is 0 Å². The number of hydrogen-bond donors (Lipinski definition) is 1. The van der Waals surface area contributed by atoms with Gasteiger partial charge < -0.3 is 10.6 Å². The largest absolute Gasteiger partial charge is 0.344 e. The number of likely N-dealkylation sites (tertiary alicyclic amines) is 2. The smallest absolute Gasteiger partial charge is 0.239 e. The molecule has 0 aromatic heterocycles. The van der Waals surface area contributed by atoms with Crippen molar-refractivity contribution in [3.8, 4) is 0 Å². The van der Waals surface area contributed by atoms with Gasteiger partial charge in [-0.25, -0.2) is 0 Å². The van der Waals surface area contributed by atoms with Crippen molar-refractivity contribution in [1.29, 1.82) is 0 Å². The molecule has 0 aromatic rings. The van der Waals surface area contributed by atoms with Gasteiger partial charge in [-0.1, -0.05) is 0 Å². The molecule has 4 heteroatoms. The SMILES string of the molecule is CC(N)C1CCN(C2CCN(C)C2=O)C1. The molecular formula is C11H21N3O. The molecule has 2 aliphatic rings. The summed E-state index contributed by atoms with van der Waals surface area (Å²) in [5.74, 6) is 0.865. The molecule has 2 heterocycles. The first-order chi connectivity index (χ1) is 7.09. The molecule has 3 atom stereocenters. The van der Waals surface area contributed by atoms with Crippen LogP contribution in [0.2, 0.25) is 0 Å². The maximum Gasteiger partial charge on any atom is 0.239 e. The lowest BCUT2D eigenvalue weighted by atomic mass is 10.0. The Morgan fingerprint density at radius 3 is 2.60 bits per heavy atom. The molecular weight excluding hydrogens is 190 g/mol. The summed E-state index contributed by atoms with van der Waals surface area (Å²) in [5, 5.41) is 0. The molecule has 2 saturated heterocycles. The standard InChI is InChI=1S/C11H21N3O/c1-8(12)9-3-6-14(7-9)10-4-5-13(2)11(10)15/h8-10H,3-7,12H2,1-2H3. The first-order valence-corrected chi connectivity index (χ1v) is 5.84. The number of rotatable bonds is 2. The van der Waals surface area contributed by atoms with Gasteiger partial charge in [-0.15, -0.1) is 0 Å². The Balaban J connectivity index is 1.94. The summed E-state index contributed by atoms with van der Waals surface area (Å²) in [7, 11) is 1.89. The molecule has 86 valence electrons. The minimum Gasteiger partial charge on any atom is -0.344 e. The van der Waals surface area contributed by atoms with E-state index in [0.29, 0.717) is 11.8 Å². The minimum atomic E-state index is 0.138. The fraction of sp³-hybridized carbons (Fsp3) is 0.909. The van der Waals surface area contributed by atoms with E-state index >= 15 is 0 Å². The quantitative estimate of drug-likeness (QED) is 0.693. The zero-order valence-corrected chi connectivity index (χ0v) is 9.65. The van der Waals surface area contributed by atoms with Gasteiger partial charge in [0, 0.05) is 26.2 Å². The monoisotopic (exact) mass is 211 g/mol. The van der Waals surface area contributed by atoms with Crippen LogP contribution in [0.5, 0.6) is 0 Å². The van der Waals surface area contributed by atoms with Gasteiger partial charge in [-0.2, -0.15) is 0 Å². The fourth-order valence-electron chi connectivity index (χ4n) is 2.67. The summed E-state index contributed by atoms with van der Waals surface area (Å²) in [6.45, 7) is 5.01. The summed E-state index contributed by atoms with van der Waals surface area (Å²) < 4.78 is 0. The third kappa shape index (κ3) is 2.01. The average molecular weight is 211 g/mol. The van der Waals surface area contributed by atoms with Crippen molar-refractivity contribution >= 4 is 5.91 Å². The number of nitrogens with two attached hydrogens (primary N) is 1. The molecule has 1 amide bonds. The molecule has 2 fully saturated rings. The first kappa shape index (κ1) is 10.9. The summed E-state index contributed by atoms with van der Waals surface area (Å²) in [6.07, 6.45) is 2.13. The Hall–Kier alpha value is -0.610. The van der Waals surface area contributed by atoms with Crippen LogP contribution < -0.4 is 5.73 Å². The summed E-state index contributed by atoms with van der Waals surface area (Å²) in [6, 6.07) is 0.392. The van der Waals surface area contributed by atoms with Crippen LogP contribution in [-0.2, 0) is 4.79 Å². The van der Waals surface area contributed by atoms with Crippen molar-refractivity contribution in [2.75, 3.05) is 26.7 Å². The van der Waals surface area contributed by atoms with Crippen LogP contribution in [0.1, 0.15) is 19.8 Å². The van der Waals surface area contributed by atoms with E-state index in [-0.39, 0.29) is 12.1 Å². The molecule has 0 radical (unpaired) electrons. The van der Waals surface area contributed by atoms with Crippen molar-refractivity contribution in [1.82, 2.24) is 9.80 Å². The second-order valence-electron chi connectivity index (χ2n) is 4.97. The topological polar surface area (TPSA) is 49.6 Å². The van der Waals surface area contributed by atoms with E-state index in [1.165, 1.54) is 0 Å². The van der Waals surface area contributed by atoms with Crippen molar-refractivity contribution in [2.45, 2.75) is 31.8 Å². The Bertz CT molecular complexity index is 254. The van der Waals surface area contributed by atoms with Gasteiger partial charge in [0.2, 0.25) is 5.91 Å².